The highest BCUT2D eigenvalue weighted by atomic mass is 16.1. The van der Waals surface area contributed by atoms with Gasteiger partial charge in [-0.05, 0) is 49.0 Å². The quantitative estimate of drug-likeness (QED) is 0.876. The number of hydrogen-bond donors (Lipinski definition) is 2. The van der Waals surface area contributed by atoms with Crippen LogP contribution in [0.2, 0.25) is 0 Å². The average molecular weight is 289 g/mol. The van der Waals surface area contributed by atoms with E-state index in [9.17, 15) is 4.79 Å². The lowest BCUT2D eigenvalue weighted by Gasteiger charge is -2.36. The molecular weight excluding hydrogens is 262 g/mol. The molecule has 1 fully saturated rings. The lowest BCUT2D eigenvalue weighted by atomic mass is 9.83. The highest BCUT2D eigenvalue weighted by Crippen LogP contribution is 2.29. The summed E-state index contributed by atoms with van der Waals surface area (Å²) in [6, 6.07) is 7.72. The van der Waals surface area contributed by atoms with Crippen molar-refractivity contribution in [3.8, 4) is 0 Å². The molecule has 1 aromatic carbocycles. The molecule has 1 aliphatic rings. The summed E-state index contributed by atoms with van der Waals surface area (Å²) in [5.74, 6) is 0.0778. The molecule has 0 aliphatic carbocycles. The van der Waals surface area contributed by atoms with E-state index in [2.05, 4.69) is 24.1 Å². The summed E-state index contributed by atoms with van der Waals surface area (Å²) in [7, 11) is 0. The van der Waals surface area contributed by atoms with Crippen molar-refractivity contribution in [2.75, 3.05) is 25.0 Å². The molecule has 3 N–H and O–H groups in total. The van der Waals surface area contributed by atoms with Gasteiger partial charge in [0.2, 0.25) is 5.91 Å². The van der Waals surface area contributed by atoms with E-state index < -0.39 is 0 Å². The van der Waals surface area contributed by atoms with Gasteiger partial charge in [0.1, 0.15) is 0 Å². The van der Waals surface area contributed by atoms with Crippen molar-refractivity contribution >= 4 is 11.6 Å². The third kappa shape index (κ3) is 5.14. The maximum absolute atomic E-state index is 12.0. The van der Waals surface area contributed by atoms with Gasteiger partial charge in [0.05, 0.1) is 0 Å². The first-order valence-electron chi connectivity index (χ1n) is 7.80. The van der Waals surface area contributed by atoms with Crippen molar-refractivity contribution in [1.29, 1.82) is 0 Å². The molecule has 0 saturated carbocycles. The number of carbonyl (C=O) groups is 1. The predicted molar refractivity (Wildman–Crippen MR) is 87.0 cm³/mol. The maximum atomic E-state index is 12.0. The van der Waals surface area contributed by atoms with Gasteiger partial charge in [-0.25, -0.2) is 0 Å². The molecule has 116 valence electrons. The fraction of sp³-hybridized carbons (Fsp3) is 0.588. The topological polar surface area (TPSA) is 58.4 Å². The normalized spacial score (nSPS) is 18.4. The first-order valence-corrected chi connectivity index (χ1v) is 7.80. The Balaban J connectivity index is 1.75. The van der Waals surface area contributed by atoms with Gasteiger partial charge >= 0.3 is 0 Å². The van der Waals surface area contributed by atoms with Crippen LogP contribution in [-0.4, -0.2) is 30.4 Å². The third-order valence-electron chi connectivity index (χ3n) is 4.31. The first kappa shape index (κ1) is 16.0. The molecule has 4 heteroatoms. The highest BCUT2D eigenvalue weighted by Gasteiger charge is 2.25. The summed E-state index contributed by atoms with van der Waals surface area (Å²) < 4.78 is 0. The van der Waals surface area contributed by atoms with E-state index >= 15 is 0 Å². The molecule has 0 aromatic heterocycles. The number of carbonyl (C=O) groups excluding carboxylic acids is 1. The van der Waals surface area contributed by atoms with Crippen LogP contribution in [0.5, 0.6) is 0 Å². The fourth-order valence-electron chi connectivity index (χ4n) is 2.64. The van der Waals surface area contributed by atoms with Crippen molar-refractivity contribution in [2.45, 2.75) is 39.7 Å². The van der Waals surface area contributed by atoms with Crippen LogP contribution in [0.15, 0.2) is 24.3 Å². The van der Waals surface area contributed by atoms with E-state index in [1.165, 1.54) is 12.8 Å². The van der Waals surface area contributed by atoms with Gasteiger partial charge in [0.15, 0.2) is 0 Å². The minimum absolute atomic E-state index is 0.0778. The number of nitrogens with two attached hydrogens (primary N) is 1. The summed E-state index contributed by atoms with van der Waals surface area (Å²) in [6.45, 7) is 8.18. The largest absolute Gasteiger partial charge is 0.326 e. The van der Waals surface area contributed by atoms with E-state index in [1.807, 2.05) is 24.3 Å². The molecule has 0 spiro atoms. The van der Waals surface area contributed by atoms with Crippen molar-refractivity contribution < 1.29 is 4.79 Å². The van der Waals surface area contributed by atoms with E-state index in [4.69, 9.17) is 5.73 Å². The summed E-state index contributed by atoms with van der Waals surface area (Å²) in [6.07, 6.45) is 2.98. The molecule has 1 saturated heterocycles. The summed E-state index contributed by atoms with van der Waals surface area (Å²) in [5, 5.41) is 2.95. The van der Waals surface area contributed by atoms with Crippen LogP contribution in [0, 0.1) is 5.41 Å². The molecule has 4 nitrogen and oxygen atoms in total. The molecule has 1 heterocycles. The molecule has 0 atom stereocenters. The van der Waals surface area contributed by atoms with Gasteiger partial charge in [-0.3, -0.25) is 4.79 Å². The van der Waals surface area contributed by atoms with E-state index in [0.717, 1.165) is 30.9 Å². The Kier molecular flexibility index (Phi) is 5.37. The number of hydrogen-bond acceptors (Lipinski definition) is 3. The Morgan fingerprint density at radius 3 is 2.71 bits per heavy atom. The zero-order chi connectivity index (χ0) is 15.3. The van der Waals surface area contributed by atoms with Crippen LogP contribution in [0.4, 0.5) is 5.69 Å². The molecule has 1 aliphatic heterocycles. The zero-order valence-corrected chi connectivity index (χ0v) is 13.2. The molecule has 0 radical (unpaired) electrons. The van der Waals surface area contributed by atoms with Crippen LogP contribution in [0.25, 0.3) is 0 Å². The second-order valence-electron chi connectivity index (χ2n) is 6.71. The standard InChI is InChI=1S/C17H27N3O/c1-17(2)7-10-20(11-8-17)9-6-16(21)19-15-5-3-4-14(12-15)13-18/h3-5,12H,6-11,13,18H2,1-2H3,(H,19,21). The number of nitrogens with zero attached hydrogens (tertiary/aromatic N) is 1. The number of likely N-dealkylation sites (tertiary alicyclic amines) is 1. The van der Waals surface area contributed by atoms with Gasteiger partial charge in [0, 0.05) is 25.2 Å². The Bertz CT molecular complexity index is 475. The highest BCUT2D eigenvalue weighted by molar-refractivity contribution is 5.90. The van der Waals surface area contributed by atoms with E-state index in [0.29, 0.717) is 18.4 Å². The molecular formula is C17H27N3O. The number of piperidine rings is 1. The van der Waals surface area contributed by atoms with E-state index in [-0.39, 0.29) is 5.91 Å². The average Bonchev–Trinajstić information content (AvgIpc) is 2.46. The smallest absolute Gasteiger partial charge is 0.225 e. The van der Waals surface area contributed by atoms with Crippen LogP contribution in [0.1, 0.15) is 38.7 Å². The molecule has 0 bridgehead atoms. The van der Waals surface area contributed by atoms with Crippen LogP contribution >= 0.6 is 0 Å². The summed E-state index contributed by atoms with van der Waals surface area (Å²) in [4.78, 5) is 14.4. The number of amides is 1. The molecule has 1 amide bonds. The first-order chi connectivity index (χ1) is 9.98. The summed E-state index contributed by atoms with van der Waals surface area (Å²) in [5.41, 5.74) is 7.94. The number of anilines is 1. The van der Waals surface area contributed by atoms with Gasteiger partial charge in [0.25, 0.3) is 0 Å². The second-order valence-corrected chi connectivity index (χ2v) is 6.71. The number of benzene rings is 1. The van der Waals surface area contributed by atoms with Crippen LogP contribution < -0.4 is 11.1 Å². The molecule has 2 rings (SSSR count). The Morgan fingerprint density at radius 1 is 1.33 bits per heavy atom. The van der Waals surface area contributed by atoms with Crippen molar-refractivity contribution in [3.05, 3.63) is 29.8 Å². The zero-order valence-electron chi connectivity index (χ0n) is 13.2. The SMILES string of the molecule is CC1(C)CCN(CCC(=O)Nc2cccc(CN)c2)CC1. The molecule has 0 unspecified atom stereocenters. The lowest BCUT2D eigenvalue weighted by molar-refractivity contribution is -0.116. The van der Waals surface area contributed by atoms with Gasteiger partial charge < -0.3 is 16.0 Å². The Hall–Kier alpha value is -1.39. The minimum Gasteiger partial charge on any atom is -0.326 e. The van der Waals surface area contributed by atoms with Gasteiger partial charge in [-0.2, -0.15) is 0 Å². The third-order valence-corrected chi connectivity index (χ3v) is 4.31. The summed E-state index contributed by atoms with van der Waals surface area (Å²) >= 11 is 0. The van der Waals surface area contributed by atoms with Gasteiger partial charge in [-0.15, -0.1) is 0 Å². The van der Waals surface area contributed by atoms with Crippen LogP contribution in [-0.2, 0) is 11.3 Å². The monoisotopic (exact) mass is 289 g/mol. The minimum atomic E-state index is 0.0778. The predicted octanol–water partition coefficient (Wildman–Crippen LogP) is 2.60. The Morgan fingerprint density at radius 2 is 2.05 bits per heavy atom. The number of nitrogens with one attached hydrogen (secondary N) is 1. The lowest BCUT2D eigenvalue weighted by Crippen LogP contribution is -2.38. The fourth-order valence-corrected chi connectivity index (χ4v) is 2.64. The van der Waals surface area contributed by atoms with Crippen LogP contribution in [0.3, 0.4) is 0 Å². The van der Waals surface area contributed by atoms with Crippen molar-refractivity contribution in [3.63, 3.8) is 0 Å². The van der Waals surface area contributed by atoms with E-state index in [1.54, 1.807) is 0 Å². The molecule has 1 aromatic rings. The maximum Gasteiger partial charge on any atom is 0.225 e. The van der Waals surface area contributed by atoms with Crippen molar-refractivity contribution in [1.82, 2.24) is 4.90 Å². The van der Waals surface area contributed by atoms with Gasteiger partial charge in [-0.1, -0.05) is 26.0 Å². The Labute approximate surface area is 127 Å². The van der Waals surface area contributed by atoms with Crippen molar-refractivity contribution in [2.24, 2.45) is 11.1 Å². The number of rotatable bonds is 5. The second kappa shape index (κ2) is 7.05. The molecule has 21 heavy (non-hydrogen) atoms.